The van der Waals surface area contributed by atoms with Gasteiger partial charge in [0.1, 0.15) is 5.82 Å². The third kappa shape index (κ3) is 4.62. The Morgan fingerprint density at radius 2 is 2.20 bits per heavy atom. The monoisotopic (exact) mass is 266 g/mol. The first kappa shape index (κ1) is 13.1. The first-order valence-electron chi connectivity index (χ1n) is 4.75. The van der Waals surface area contributed by atoms with Gasteiger partial charge in [0.05, 0.1) is 5.02 Å². The SMILES string of the molecule is CC(CCCl)SCc1ccc(F)c(Cl)c1. The van der Waals surface area contributed by atoms with Gasteiger partial charge in [0.15, 0.2) is 0 Å². The van der Waals surface area contributed by atoms with Crippen molar-refractivity contribution >= 4 is 35.0 Å². The molecular weight excluding hydrogens is 254 g/mol. The molecular formula is C11H13Cl2FS. The zero-order valence-electron chi connectivity index (χ0n) is 8.47. The highest BCUT2D eigenvalue weighted by atomic mass is 35.5. The molecule has 1 rings (SSSR count). The first-order chi connectivity index (χ1) is 7.13. The third-order valence-electron chi connectivity index (χ3n) is 2.03. The van der Waals surface area contributed by atoms with Gasteiger partial charge >= 0.3 is 0 Å². The van der Waals surface area contributed by atoms with E-state index in [1.807, 2.05) is 0 Å². The molecule has 1 aromatic rings. The van der Waals surface area contributed by atoms with E-state index in [0.717, 1.165) is 17.7 Å². The molecule has 0 radical (unpaired) electrons. The van der Waals surface area contributed by atoms with E-state index < -0.39 is 0 Å². The highest BCUT2D eigenvalue weighted by Gasteiger charge is 2.04. The maximum Gasteiger partial charge on any atom is 0.141 e. The Balaban J connectivity index is 2.47. The molecule has 1 unspecified atom stereocenters. The molecule has 4 heteroatoms. The fourth-order valence-corrected chi connectivity index (χ4v) is 2.71. The number of alkyl halides is 1. The van der Waals surface area contributed by atoms with E-state index in [-0.39, 0.29) is 10.8 Å². The second-order valence-electron chi connectivity index (χ2n) is 3.35. The van der Waals surface area contributed by atoms with Crippen molar-refractivity contribution in [1.29, 1.82) is 0 Å². The highest BCUT2D eigenvalue weighted by molar-refractivity contribution is 7.99. The van der Waals surface area contributed by atoms with E-state index in [4.69, 9.17) is 23.2 Å². The van der Waals surface area contributed by atoms with Crippen molar-refractivity contribution < 1.29 is 4.39 Å². The average molecular weight is 267 g/mol. The molecule has 0 N–H and O–H groups in total. The van der Waals surface area contributed by atoms with Crippen LogP contribution >= 0.6 is 35.0 Å². The average Bonchev–Trinajstić information content (AvgIpc) is 2.20. The van der Waals surface area contributed by atoms with Crippen LogP contribution < -0.4 is 0 Å². The van der Waals surface area contributed by atoms with E-state index in [1.165, 1.54) is 6.07 Å². The summed E-state index contributed by atoms with van der Waals surface area (Å²) in [7, 11) is 0. The molecule has 1 aromatic carbocycles. The molecule has 84 valence electrons. The Bertz CT molecular complexity index is 317. The van der Waals surface area contributed by atoms with Gasteiger partial charge in [-0.2, -0.15) is 11.8 Å². The Kier molecular flexibility index (Phi) is 5.80. The number of rotatable bonds is 5. The summed E-state index contributed by atoms with van der Waals surface area (Å²) in [4.78, 5) is 0. The second-order valence-corrected chi connectivity index (χ2v) is 5.56. The van der Waals surface area contributed by atoms with Gasteiger partial charge in [0, 0.05) is 16.9 Å². The molecule has 0 aliphatic carbocycles. The van der Waals surface area contributed by atoms with Crippen LogP contribution in [0, 0.1) is 5.82 Å². The Labute approximate surface area is 104 Å². The standard InChI is InChI=1S/C11H13Cl2FS/c1-8(4-5-12)15-7-9-2-3-11(14)10(13)6-9/h2-3,6,8H,4-5,7H2,1H3. The molecule has 1 atom stereocenters. The Morgan fingerprint density at radius 3 is 2.80 bits per heavy atom. The van der Waals surface area contributed by atoms with Crippen LogP contribution in [0.1, 0.15) is 18.9 Å². The van der Waals surface area contributed by atoms with Gasteiger partial charge in [-0.05, 0) is 24.1 Å². The van der Waals surface area contributed by atoms with Crippen LogP contribution in [0.15, 0.2) is 18.2 Å². The van der Waals surface area contributed by atoms with Crippen molar-refractivity contribution in [1.82, 2.24) is 0 Å². The highest BCUT2D eigenvalue weighted by Crippen LogP contribution is 2.23. The van der Waals surface area contributed by atoms with Gasteiger partial charge in [-0.3, -0.25) is 0 Å². The van der Waals surface area contributed by atoms with Gasteiger partial charge in [0.25, 0.3) is 0 Å². The number of benzene rings is 1. The fraction of sp³-hybridized carbons (Fsp3) is 0.455. The van der Waals surface area contributed by atoms with Crippen LogP contribution in [0.2, 0.25) is 5.02 Å². The first-order valence-corrected chi connectivity index (χ1v) is 6.71. The number of thioether (sulfide) groups is 1. The molecule has 0 aromatic heterocycles. The summed E-state index contributed by atoms with van der Waals surface area (Å²) < 4.78 is 12.9. The molecule has 0 aliphatic heterocycles. The third-order valence-corrected chi connectivity index (χ3v) is 3.85. The second kappa shape index (κ2) is 6.62. The molecule has 0 heterocycles. The molecule has 0 bridgehead atoms. The minimum atomic E-state index is -0.362. The number of hydrogen-bond donors (Lipinski definition) is 0. The van der Waals surface area contributed by atoms with Crippen molar-refractivity contribution in [2.24, 2.45) is 0 Å². The summed E-state index contributed by atoms with van der Waals surface area (Å²) in [5.74, 6) is 1.16. The van der Waals surface area contributed by atoms with E-state index in [2.05, 4.69) is 6.92 Å². The summed E-state index contributed by atoms with van der Waals surface area (Å²) in [6, 6.07) is 4.85. The van der Waals surface area contributed by atoms with E-state index in [0.29, 0.717) is 11.1 Å². The molecule has 0 spiro atoms. The zero-order valence-corrected chi connectivity index (χ0v) is 10.8. The molecule has 15 heavy (non-hydrogen) atoms. The van der Waals surface area contributed by atoms with Crippen molar-refractivity contribution in [3.63, 3.8) is 0 Å². The topological polar surface area (TPSA) is 0 Å². The quantitative estimate of drug-likeness (QED) is 0.695. The molecule has 0 amide bonds. The summed E-state index contributed by atoms with van der Waals surface area (Å²) in [5.41, 5.74) is 1.05. The largest absolute Gasteiger partial charge is 0.205 e. The Morgan fingerprint density at radius 1 is 1.47 bits per heavy atom. The summed E-state index contributed by atoms with van der Waals surface area (Å²) >= 11 is 13.1. The lowest BCUT2D eigenvalue weighted by molar-refractivity contribution is 0.628. The van der Waals surface area contributed by atoms with Crippen LogP contribution in [-0.2, 0) is 5.75 Å². The molecule has 0 saturated heterocycles. The Hall–Kier alpha value is 0.0800. The van der Waals surface area contributed by atoms with Crippen LogP contribution in [-0.4, -0.2) is 11.1 Å². The zero-order chi connectivity index (χ0) is 11.3. The van der Waals surface area contributed by atoms with Gasteiger partial charge in [-0.25, -0.2) is 4.39 Å². The smallest absolute Gasteiger partial charge is 0.141 e. The maximum absolute atomic E-state index is 12.9. The summed E-state index contributed by atoms with van der Waals surface area (Å²) in [6.45, 7) is 2.14. The predicted molar refractivity (Wildman–Crippen MR) is 67.5 cm³/mol. The molecule has 0 aliphatic rings. The van der Waals surface area contributed by atoms with Gasteiger partial charge in [-0.1, -0.05) is 24.6 Å². The van der Waals surface area contributed by atoms with Crippen LogP contribution in [0.4, 0.5) is 4.39 Å². The van der Waals surface area contributed by atoms with Crippen LogP contribution in [0.25, 0.3) is 0 Å². The van der Waals surface area contributed by atoms with Gasteiger partial charge in [-0.15, -0.1) is 11.6 Å². The molecule has 0 nitrogen and oxygen atoms in total. The lowest BCUT2D eigenvalue weighted by Gasteiger charge is -2.09. The van der Waals surface area contributed by atoms with Crippen LogP contribution in [0.3, 0.4) is 0 Å². The van der Waals surface area contributed by atoms with E-state index >= 15 is 0 Å². The number of halogens is 3. The summed E-state index contributed by atoms with van der Waals surface area (Å²) in [5, 5.41) is 0.712. The van der Waals surface area contributed by atoms with Crippen molar-refractivity contribution in [2.45, 2.75) is 24.3 Å². The minimum absolute atomic E-state index is 0.193. The van der Waals surface area contributed by atoms with Gasteiger partial charge < -0.3 is 0 Å². The minimum Gasteiger partial charge on any atom is -0.205 e. The van der Waals surface area contributed by atoms with E-state index in [1.54, 1.807) is 23.9 Å². The van der Waals surface area contributed by atoms with Crippen LogP contribution in [0.5, 0.6) is 0 Å². The maximum atomic E-state index is 12.9. The normalized spacial score (nSPS) is 12.8. The number of hydrogen-bond acceptors (Lipinski definition) is 1. The lowest BCUT2D eigenvalue weighted by Crippen LogP contribution is -1.97. The lowest BCUT2D eigenvalue weighted by atomic mass is 10.2. The van der Waals surface area contributed by atoms with Crippen molar-refractivity contribution in [2.75, 3.05) is 5.88 Å². The molecule has 0 fully saturated rings. The van der Waals surface area contributed by atoms with Gasteiger partial charge in [0.2, 0.25) is 0 Å². The van der Waals surface area contributed by atoms with Crippen molar-refractivity contribution in [3.05, 3.63) is 34.6 Å². The van der Waals surface area contributed by atoms with E-state index in [9.17, 15) is 4.39 Å². The fourth-order valence-electron chi connectivity index (χ4n) is 1.10. The molecule has 0 saturated carbocycles. The predicted octanol–water partition coefficient (Wildman–Crippen LogP) is 4.73. The summed E-state index contributed by atoms with van der Waals surface area (Å²) in [6.07, 6.45) is 0.987. The van der Waals surface area contributed by atoms with Crippen molar-refractivity contribution in [3.8, 4) is 0 Å².